The van der Waals surface area contributed by atoms with Gasteiger partial charge in [-0.15, -0.1) is 0 Å². The highest BCUT2D eigenvalue weighted by Gasteiger charge is 2.07. The van der Waals surface area contributed by atoms with Gasteiger partial charge < -0.3 is 10.6 Å². The van der Waals surface area contributed by atoms with Crippen LogP contribution in [0.5, 0.6) is 0 Å². The van der Waals surface area contributed by atoms with Crippen molar-refractivity contribution in [3.63, 3.8) is 0 Å². The second-order valence-electron chi connectivity index (χ2n) is 6.14. The molecule has 3 heteroatoms. The lowest BCUT2D eigenvalue weighted by Crippen LogP contribution is -2.22. The van der Waals surface area contributed by atoms with Crippen LogP contribution in [0.3, 0.4) is 0 Å². The molecule has 3 nitrogen and oxygen atoms in total. The number of hydrogen-bond donors (Lipinski definition) is 2. The molecule has 2 aromatic carbocycles. The molecule has 0 aromatic heterocycles. The maximum atomic E-state index is 12.1. The number of para-hydroxylation sites is 1. The average molecular weight is 310 g/mol. The number of benzene rings is 2. The average Bonchev–Trinajstić information content (AvgIpc) is 2.54. The largest absolute Gasteiger partial charge is 0.376 e. The molecule has 0 aliphatic carbocycles. The molecule has 0 bridgehead atoms. The summed E-state index contributed by atoms with van der Waals surface area (Å²) in [4.78, 5) is 12.1. The Bertz CT molecular complexity index is 660. The first kappa shape index (κ1) is 17.1. The van der Waals surface area contributed by atoms with E-state index in [-0.39, 0.29) is 12.5 Å². The van der Waals surface area contributed by atoms with Gasteiger partial charge in [0, 0.05) is 11.4 Å². The van der Waals surface area contributed by atoms with Gasteiger partial charge in [0.15, 0.2) is 0 Å². The van der Waals surface area contributed by atoms with Gasteiger partial charge in [0.1, 0.15) is 0 Å². The summed E-state index contributed by atoms with van der Waals surface area (Å²) in [6, 6.07) is 14.2. The molecule has 0 saturated heterocycles. The summed E-state index contributed by atoms with van der Waals surface area (Å²) in [5.41, 5.74) is 5.58. The molecule has 2 rings (SSSR count). The fourth-order valence-corrected chi connectivity index (χ4v) is 2.60. The maximum Gasteiger partial charge on any atom is 0.243 e. The second kappa shape index (κ2) is 7.82. The van der Waals surface area contributed by atoms with Crippen LogP contribution in [0.25, 0.3) is 0 Å². The fraction of sp³-hybridized carbons (Fsp3) is 0.350. The highest BCUT2D eigenvalue weighted by Crippen LogP contribution is 2.21. The maximum absolute atomic E-state index is 12.1. The van der Waals surface area contributed by atoms with Gasteiger partial charge in [-0.3, -0.25) is 4.79 Å². The zero-order valence-electron chi connectivity index (χ0n) is 14.4. The van der Waals surface area contributed by atoms with E-state index in [4.69, 9.17) is 0 Å². The second-order valence-corrected chi connectivity index (χ2v) is 6.14. The van der Waals surface area contributed by atoms with Crippen LogP contribution in [-0.2, 0) is 11.2 Å². The number of carbonyl (C=O) groups is 1. The molecular weight excluding hydrogens is 284 g/mol. The van der Waals surface area contributed by atoms with Crippen molar-refractivity contribution in [2.45, 2.75) is 40.0 Å². The Balaban J connectivity index is 1.95. The Labute approximate surface area is 139 Å². The number of carbonyl (C=O) groups excluding carboxylic acids is 1. The van der Waals surface area contributed by atoms with Gasteiger partial charge in [-0.05, 0) is 48.1 Å². The Morgan fingerprint density at radius 3 is 2.39 bits per heavy atom. The van der Waals surface area contributed by atoms with Crippen molar-refractivity contribution in [1.29, 1.82) is 0 Å². The van der Waals surface area contributed by atoms with Gasteiger partial charge >= 0.3 is 0 Å². The molecule has 0 aliphatic heterocycles. The predicted molar refractivity (Wildman–Crippen MR) is 98.2 cm³/mol. The zero-order chi connectivity index (χ0) is 16.8. The molecule has 0 fully saturated rings. The zero-order valence-corrected chi connectivity index (χ0v) is 14.4. The van der Waals surface area contributed by atoms with Crippen LogP contribution in [0, 0.1) is 6.92 Å². The van der Waals surface area contributed by atoms with Crippen molar-refractivity contribution in [2.24, 2.45) is 0 Å². The van der Waals surface area contributed by atoms with Gasteiger partial charge in [0.2, 0.25) is 5.91 Å². The van der Waals surface area contributed by atoms with Crippen molar-refractivity contribution < 1.29 is 4.79 Å². The van der Waals surface area contributed by atoms with Crippen molar-refractivity contribution in [3.8, 4) is 0 Å². The number of nitrogens with one attached hydrogen (secondary N) is 2. The third kappa shape index (κ3) is 4.59. The van der Waals surface area contributed by atoms with Crippen LogP contribution in [0.15, 0.2) is 42.5 Å². The van der Waals surface area contributed by atoms with E-state index in [2.05, 4.69) is 68.7 Å². The van der Waals surface area contributed by atoms with Crippen LogP contribution in [0.1, 0.15) is 43.4 Å². The van der Waals surface area contributed by atoms with Crippen LogP contribution < -0.4 is 10.6 Å². The molecule has 1 amide bonds. The van der Waals surface area contributed by atoms with Crippen LogP contribution in [0.2, 0.25) is 0 Å². The van der Waals surface area contributed by atoms with E-state index in [1.54, 1.807) is 0 Å². The van der Waals surface area contributed by atoms with E-state index in [1.165, 1.54) is 16.7 Å². The number of amides is 1. The van der Waals surface area contributed by atoms with Crippen LogP contribution >= 0.6 is 0 Å². The molecule has 0 heterocycles. The molecule has 122 valence electrons. The summed E-state index contributed by atoms with van der Waals surface area (Å²) < 4.78 is 0. The van der Waals surface area contributed by atoms with E-state index < -0.39 is 0 Å². The van der Waals surface area contributed by atoms with Gasteiger partial charge in [0.25, 0.3) is 0 Å². The monoisotopic (exact) mass is 310 g/mol. The Hall–Kier alpha value is -2.29. The summed E-state index contributed by atoms with van der Waals surface area (Å²) in [5, 5.41) is 6.20. The molecule has 0 saturated carbocycles. The molecule has 0 aliphatic rings. The first-order valence-electron chi connectivity index (χ1n) is 8.23. The molecule has 2 N–H and O–H groups in total. The lowest BCUT2D eigenvalue weighted by Gasteiger charge is -2.14. The number of hydrogen-bond acceptors (Lipinski definition) is 2. The normalized spacial score (nSPS) is 10.7. The standard InChI is InChI=1S/C20H26N2O/c1-5-16-8-6-7-15(4)20(16)21-13-19(23)22-18-11-9-17(10-12-18)14(2)3/h6-12,14,21H,5,13H2,1-4H3,(H,22,23). The molecule has 2 aromatic rings. The van der Waals surface area contributed by atoms with Gasteiger partial charge in [0.05, 0.1) is 6.54 Å². The Kier molecular flexibility index (Phi) is 5.80. The predicted octanol–water partition coefficient (Wildman–Crippen LogP) is 4.73. The van der Waals surface area contributed by atoms with Crippen molar-refractivity contribution in [3.05, 3.63) is 59.2 Å². The van der Waals surface area contributed by atoms with Crippen LogP contribution in [-0.4, -0.2) is 12.5 Å². The van der Waals surface area contributed by atoms with Gasteiger partial charge in [-0.25, -0.2) is 0 Å². The molecule has 0 unspecified atom stereocenters. The molecule has 0 radical (unpaired) electrons. The number of anilines is 2. The van der Waals surface area contributed by atoms with E-state index in [9.17, 15) is 4.79 Å². The first-order chi connectivity index (χ1) is 11.0. The van der Waals surface area contributed by atoms with Gasteiger partial charge in [-0.1, -0.05) is 51.1 Å². The highest BCUT2D eigenvalue weighted by atomic mass is 16.1. The third-order valence-electron chi connectivity index (χ3n) is 4.03. The first-order valence-corrected chi connectivity index (χ1v) is 8.23. The minimum absolute atomic E-state index is 0.0346. The quantitative estimate of drug-likeness (QED) is 0.809. The third-order valence-corrected chi connectivity index (χ3v) is 4.03. The lowest BCUT2D eigenvalue weighted by atomic mass is 10.0. The Morgan fingerprint density at radius 1 is 1.09 bits per heavy atom. The van der Waals surface area contributed by atoms with Gasteiger partial charge in [-0.2, -0.15) is 0 Å². The topological polar surface area (TPSA) is 41.1 Å². The molecule has 0 spiro atoms. The number of aryl methyl sites for hydroxylation is 2. The van der Waals surface area contributed by atoms with Crippen LogP contribution in [0.4, 0.5) is 11.4 Å². The molecule has 23 heavy (non-hydrogen) atoms. The number of rotatable bonds is 6. The summed E-state index contributed by atoms with van der Waals surface area (Å²) in [7, 11) is 0. The van der Waals surface area contributed by atoms with Crippen molar-refractivity contribution >= 4 is 17.3 Å². The fourth-order valence-electron chi connectivity index (χ4n) is 2.60. The summed E-state index contributed by atoms with van der Waals surface area (Å²) in [6.07, 6.45) is 0.947. The summed E-state index contributed by atoms with van der Waals surface area (Å²) in [6.45, 7) is 8.76. The van der Waals surface area contributed by atoms with E-state index in [1.807, 2.05) is 12.1 Å². The van der Waals surface area contributed by atoms with Crippen molar-refractivity contribution in [1.82, 2.24) is 0 Å². The van der Waals surface area contributed by atoms with Crippen molar-refractivity contribution in [2.75, 3.05) is 17.2 Å². The lowest BCUT2D eigenvalue weighted by molar-refractivity contribution is -0.114. The van der Waals surface area contributed by atoms with E-state index in [0.717, 1.165) is 17.8 Å². The summed E-state index contributed by atoms with van der Waals surface area (Å²) in [5.74, 6) is 0.461. The minimum Gasteiger partial charge on any atom is -0.376 e. The summed E-state index contributed by atoms with van der Waals surface area (Å²) >= 11 is 0. The van der Waals surface area contributed by atoms with E-state index >= 15 is 0 Å². The smallest absolute Gasteiger partial charge is 0.243 e. The molecule has 0 atom stereocenters. The SMILES string of the molecule is CCc1cccc(C)c1NCC(=O)Nc1ccc(C(C)C)cc1. The van der Waals surface area contributed by atoms with E-state index in [0.29, 0.717) is 5.92 Å². The minimum atomic E-state index is -0.0346. The molecular formula is C20H26N2O. The Morgan fingerprint density at radius 2 is 1.78 bits per heavy atom. The highest BCUT2D eigenvalue weighted by molar-refractivity contribution is 5.94.